The highest BCUT2D eigenvalue weighted by Crippen LogP contribution is 2.25. The number of halogens is 1. The van der Waals surface area contributed by atoms with Gasteiger partial charge in [0.05, 0.1) is 10.6 Å². The second-order valence-electron chi connectivity index (χ2n) is 9.05. The zero-order valence-electron chi connectivity index (χ0n) is 21.9. The minimum Gasteiger partial charge on any atom is -0.352 e. The molecule has 0 fully saturated rings. The molecule has 0 radical (unpaired) electrons. The standard InChI is InChI=1S/C29H34IN3O4S/c1-4-22(3)31-29(35)27(5-2)32(20-23-12-8-6-9-13-23)28(34)21-33(25-18-16-24(30)17-19-25)38(36,37)26-14-10-7-11-15-26/h6-19,22,27H,4-5,20-21H2,1-3H3,(H,31,35). The molecule has 0 aliphatic carbocycles. The highest BCUT2D eigenvalue weighted by molar-refractivity contribution is 14.1. The first-order chi connectivity index (χ1) is 18.2. The summed E-state index contributed by atoms with van der Waals surface area (Å²) in [6, 6.07) is 23.6. The Morgan fingerprint density at radius 2 is 1.45 bits per heavy atom. The van der Waals surface area contributed by atoms with Crippen LogP contribution in [0.3, 0.4) is 0 Å². The molecule has 202 valence electrons. The first-order valence-electron chi connectivity index (χ1n) is 12.6. The molecule has 0 aliphatic rings. The van der Waals surface area contributed by atoms with E-state index in [1.54, 1.807) is 42.5 Å². The molecule has 2 amide bonds. The third kappa shape index (κ3) is 7.57. The summed E-state index contributed by atoms with van der Waals surface area (Å²) in [6.45, 7) is 5.48. The second kappa shape index (κ2) is 13.7. The normalized spacial score (nSPS) is 12.8. The highest BCUT2D eigenvalue weighted by atomic mass is 127. The molecule has 3 aromatic rings. The van der Waals surface area contributed by atoms with Gasteiger partial charge in [-0.2, -0.15) is 0 Å². The summed E-state index contributed by atoms with van der Waals surface area (Å²) in [5.74, 6) is -0.712. The van der Waals surface area contributed by atoms with Crippen LogP contribution in [0.25, 0.3) is 0 Å². The molecule has 3 rings (SSSR count). The molecule has 3 aromatic carbocycles. The van der Waals surface area contributed by atoms with Gasteiger partial charge in [0.15, 0.2) is 0 Å². The summed E-state index contributed by atoms with van der Waals surface area (Å²) >= 11 is 2.15. The quantitative estimate of drug-likeness (QED) is 0.274. The van der Waals surface area contributed by atoms with E-state index in [4.69, 9.17) is 0 Å². The van der Waals surface area contributed by atoms with Crippen molar-refractivity contribution in [3.63, 3.8) is 0 Å². The molecule has 38 heavy (non-hydrogen) atoms. The van der Waals surface area contributed by atoms with Gasteiger partial charge in [-0.15, -0.1) is 0 Å². The molecule has 1 N–H and O–H groups in total. The Balaban J connectivity index is 2.02. The number of carbonyl (C=O) groups is 2. The van der Waals surface area contributed by atoms with Gasteiger partial charge in [0.2, 0.25) is 11.8 Å². The van der Waals surface area contributed by atoms with Gasteiger partial charge in [-0.3, -0.25) is 13.9 Å². The number of amides is 2. The third-order valence-corrected chi connectivity index (χ3v) is 8.81. The maximum Gasteiger partial charge on any atom is 0.264 e. The van der Waals surface area contributed by atoms with Crippen LogP contribution in [0.2, 0.25) is 0 Å². The van der Waals surface area contributed by atoms with Crippen LogP contribution in [-0.2, 0) is 26.2 Å². The number of nitrogens with zero attached hydrogens (tertiary/aromatic N) is 2. The van der Waals surface area contributed by atoms with E-state index in [-0.39, 0.29) is 23.4 Å². The Kier molecular flexibility index (Phi) is 10.7. The van der Waals surface area contributed by atoms with E-state index in [1.165, 1.54) is 17.0 Å². The molecule has 0 spiro atoms. The number of hydrogen-bond acceptors (Lipinski definition) is 4. The molecule has 0 bridgehead atoms. The summed E-state index contributed by atoms with van der Waals surface area (Å²) in [5, 5.41) is 2.98. The van der Waals surface area contributed by atoms with Gasteiger partial charge in [-0.1, -0.05) is 62.4 Å². The van der Waals surface area contributed by atoms with Crippen molar-refractivity contribution in [2.75, 3.05) is 10.8 Å². The van der Waals surface area contributed by atoms with Gasteiger partial charge in [-0.25, -0.2) is 8.42 Å². The fourth-order valence-corrected chi connectivity index (χ4v) is 5.79. The molecule has 0 aromatic heterocycles. The van der Waals surface area contributed by atoms with Crippen molar-refractivity contribution in [1.29, 1.82) is 0 Å². The fourth-order valence-electron chi connectivity index (χ4n) is 4.00. The Morgan fingerprint density at radius 1 is 0.868 bits per heavy atom. The number of hydrogen-bond donors (Lipinski definition) is 1. The largest absolute Gasteiger partial charge is 0.352 e. The van der Waals surface area contributed by atoms with Crippen LogP contribution in [0.5, 0.6) is 0 Å². The number of benzene rings is 3. The van der Waals surface area contributed by atoms with Gasteiger partial charge in [-0.05, 0) is 84.3 Å². The summed E-state index contributed by atoms with van der Waals surface area (Å²) in [4.78, 5) is 28.8. The molecular formula is C29H34IN3O4S. The van der Waals surface area contributed by atoms with Crippen LogP contribution in [0.4, 0.5) is 5.69 Å². The van der Waals surface area contributed by atoms with E-state index in [0.717, 1.165) is 19.9 Å². The van der Waals surface area contributed by atoms with Gasteiger partial charge in [0.25, 0.3) is 10.0 Å². The van der Waals surface area contributed by atoms with Crippen molar-refractivity contribution < 1.29 is 18.0 Å². The number of rotatable bonds is 12. The summed E-state index contributed by atoms with van der Waals surface area (Å²) in [6.07, 6.45) is 1.14. The van der Waals surface area contributed by atoms with Crippen LogP contribution in [-0.4, -0.2) is 43.8 Å². The molecule has 0 heterocycles. The average Bonchev–Trinajstić information content (AvgIpc) is 2.93. The summed E-state index contributed by atoms with van der Waals surface area (Å²) < 4.78 is 29.6. The third-order valence-electron chi connectivity index (χ3n) is 6.31. The summed E-state index contributed by atoms with van der Waals surface area (Å²) in [5.41, 5.74) is 1.22. The molecular weight excluding hydrogens is 613 g/mol. The molecule has 0 saturated heterocycles. The number of carbonyl (C=O) groups excluding carboxylic acids is 2. The zero-order valence-corrected chi connectivity index (χ0v) is 24.9. The van der Waals surface area contributed by atoms with E-state index >= 15 is 0 Å². The van der Waals surface area contributed by atoms with E-state index in [0.29, 0.717) is 12.1 Å². The van der Waals surface area contributed by atoms with Crippen LogP contribution < -0.4 is 9.62 Å². The highest BCUT2D eigenvalue weighted by Gasteiger charge is 2.33. The van der Waals surface area contributed by atoms with E-state index in [1.807, 2.05) is 51.1 Å². The molecule has 2 atom stereocenters. The smallest absolute Gasteiger partial charge is 0.264 e. The van der Waals surface area contributed by atoms with E-state index in [9.17, 15) is 18.0 Å². The maximum absolute atomic E-state index is 14.0. The molecule has 2 unspecified atom stereocenters. The van der Waals surface area contributed by atoms with Gasteiger partial charge >= 0.3 is 0 Å². The lowest BCUT2D eigenvalue weighted by atomic mass is 10.1. The minimum atomic E-state index is -4.06. The van der Waals surface area contributed by atoms with Gasteiger partial charge in [0, 0.05) is 16.2 Å². The predicted octanol–water partition coefficient (Wildman–Crippen LogP) is 5.21. The second-order valence-corrected chi connectivity index (χ2v) is 12.2. The van der Waals surface area contributed by atoms with Crippen molar-refractivity contribution >= 4 is 50.1 Å². The first kappa shape index (κ1) is 29.6. The monoisotopic (exact) mass is 647 g/mol. The van der Waals surface area contributed by atoms with Crippen molar-refractivity contribution in [1.82, 2.24) is 10.2 Å². The average molecular weight is 648 g/mol. The van der Waals surface area contributed by atoms with Crippen molar-refractivity contribution in [2.24, 2.45) is 0 Å². The number of nitrogens with one attached hydrogen (secondary N) is 1. The van der Waals surface area contributed by atoms with Crippen LogP contribution in [0.1, 0.15) is 39.2 Å². The summed E-state index contributed by atoms with van der Waals surface area (Å²) in [7, 11) is -4.06. The first-order valence-corrected chi connectivity index (χ1v) is 15.2. The van der Waals surface area contributed by atoms with Gasteiger partial charge in [0.1, 0.15) is 12.6 Å². The Hall–Kier alpha value is -2.92. The van der Waals surface area contributed by atoms with Crippen molar-refractivity contribution in [3.05, 3.63) is 94.1 Å². The fraction of sp³-hybridized carbons (Fsp3) is 0.310. The molecule has 0 saturated carbocycles. The number of sulfonamides is 1. The van der Waals surface area contributed by atoms with Crippen LogP contribution in [0, 0.1) is 3.57 Å². The lowest BCUT2D eigenvalue weighted by molar-refractivity contribution is -0.140. The van der Waals surface area contributed by atoms with Crippen LogP contribution >= 0.6 is 22.6 Å². The lowest BCUT2D eigenvalue weighted by Gasteiger charge is -2.33. The Labute approximate surface area is 239 Å². The van der Waals surface area contributed by atoms with Crippen LogP contribution in [0.15, 0.2) is 89.8 Å². The molecule has 7 nitrogen and oxygen atoms in total. The van der Waals surface area contributed by atoms with Crippen molar-refractivity contribution in [3.8, 4) is 0 Å². The van der Waals surface area contributed by atoms with E-state index in [2.05, 4.69) is 27.9 Å². The van der Waals surface area contributed by atoms with Crippen molar-refractivity contribution in [2.45, 2.75) is 57.1 Å². The minimum absolute atomic E-state index is 0.0491. The van der Waals surface area contributed by atoms with E-state index < -0.39 is 28.5 Å². The topological polar surface area (TPSA) is 86.8 Å². The number of anilines is 1. The predicted molar refractivity (Wildman–Crippen MR) is 159 cm³/mol. The molecule has 9 heteroatoms. The maximum atomic E-state index is 14.0. The zero-order chi connectivity index (χ0) is 27.7. The lowest BCUT2D eigenvalue weighted by Crippen LogP contribution is -2.53. The van der Waals surface area contributed by atoms with Gasteiger partial charge < -0.3 is 10.2 Å². The Bertz CT molecular complexity index is 1300. The molecule has 0 aliphatic heterocycles. The SMILES string of the molecule is CCC(C)NC(=O)C(CC)N(Cc1ccccc1)C(=O)CN(c1ccc(I)cc1)S(=O)(=O)c1ccccc1. The Morgan fingerprint density at radius 3 is 2.00 bits per heavy atom.